The molecule has 0 aliphatic carbocycles. The summed E-state index contributed by atoms with van der Waals surface area (Å²) in [5.41, 5.74) is 0. The largest absolute Gasteiger partial charge is 0.362 e. The molecule has 0 aromatic rings. The van der Waals surface area contributed by atoms with Crippen molar-refractivity contribution >= 4 is 0 Å². The molecule has 8 heavy (non-hydrogen) atoms. The lowest BCUT2D eigenvalue weighted by Crippen LogP contribution is -2.23. The average molecular weight is 117 g/mol. The molecular weight excluding hydrogens is 110 g/mol. The summed E-state index contributed by atoms with van der Waals surface area (Å²) in [6.07, 6.45) is 0. The Balaban J connectivity index is 2.04. The number of hydrogen-bond acceptors (Lipinski definition) is 4. The van der Waals surface area contributed by atoms with Gasteiger partial charge in [-0.2, -0.15) is 0 Å². The van der Waals surface area contributed by atoms with Crippen molar-refractivity contribution in [2.45, 2.75) is 6.04 Å². The fourth-order valence-electron chi connectivity index (χ4n) is 0.858. The molecule has 0 saturated carbocycles. The zero-order valence-corrected chi connectivity index (χ0v) is 4.37. The normalized spacial score (nSPS) is 38.2. The number of rotatable bonds is 0. The van der Waals surface area contributed by atoms with Crippen LogP contribution in [0.4, 0.5) is 0 Å². The van der Waals surface area contributed by atoms with Crippen LogP contribution in [0.5, 0.6) is 0 Å². The van der Waals surface area contributed by atoms with E-state index in [4.69, 9.17) is 4.74 Å². The quantitative estimate of drug-likeness (QED) is 0.401. The molecule has 2 rings (SSSR count). The van der Waals surface area contributed by atoms with Gasteiger partial charge in [-0.05, 0) is 0 Å². The molecule has 0 bridgehead atoms. The molecule has 2 fully saturated rings. The highest BCUT2D eigenvalue weighted by atomic mass is 17.3. The van der Waals surface area contributed by atoms with Gasteiger partial charge in [0.25, 0.3) is 0 Å². The van der Waals surface area contributed by atoms with Crippen LogP contribution in [0.2, 0.25) is 0 Å². The van der Waals surface area contributed by atoms with Gasteiger partial charge in [0.15, 0.2) is 0 Å². The summed E-state index contributed by atoms with van der Waals surface area (Å²) < 4.78 is 5.03. The van der Waals surface area contributed by atoms with Gasteiger partial charge in [0.05, 0.1) is 12.6 Å². The van der Waals surface area contributed by atoms with E-state index in [1.54, 1.807) is 5.06 Å². The third-order valence-electron chi connectivity index (χ3n) is 1.34. The van der Waals surface area contributed by atoms with Crippen molar-refractivity contribution in [2.75, 3.05) is 19.9 Å². The third kappa shape index (κ3) is 0.545. The van der Waals surface area contributed by atoms with Gasteiger partial charge in [-0.15, -0.1) is 10.1 Å². The monoisotopic (exact) mass is 117 g/mol. The number of ether oxygens (including phenoxy) is 1. The molecule has 2 saturated heterocycles. The highest BCUT2D eigenvalue weighted by molar-refractivity contribution is 4.68. The summed E-state index contributed by atoms with van der Waals surface area (Å²) in [6.45, 7) is 1.92. The van der Waals surface area contributed by atoms with Crippen LogP contribution in [0.1, 0.15) is 0 Å². The van der Waals surface area contributed by atoms with Crippen molar-refractivity contribution < 1.29 is 14.6 Å². The second kappa shape index (κ2) is 1.66. The Labute approximate surface area is 46.8 Å². The molecule has 1 atom stereocenters. The van der Waals surface area contributed by atoms with Crippen molar-refractivity contribution in [3.63, 3.8) is 0 Å². The van der Waals surface area contributed by atoms with Crippen molar-refractivity contribution in [1.82, 2.24) is 5.06 Å². The molecule has 4 nitrogen and oxygen atoms in total. The summed E-state index contributed by atoms with van der Waals surface area (Å²) in [5.74, 6) is 0. The minimum Gasteiger partial charge on any atom is -0.362 e. The van der Waals surface area contributed by atoms with Crippen molar-refractivity contribution in [2.24, 2.45) is 0 Å². The molecule has 0 aromatic heterocycles. The van der Waals surface area contributed by atoms with E-state index >= 15 is 0 Å². The van der Waals surface area contributed by atoms with Crippen LogP contribution in [0.3, 0.4) is 0 Å². The molecule has 0 spiro atoms. The highest BCUT2D eigenvalue weighted by Gasteiger charge is 2.32. The van der Waals surface area contributed by atoms with Crippen LogP contribution < -0.4 is 0 Å². The van der Waals surface area contributed by atoms with Crippen molar-refractivity contribution in [3.05, 3.63) is 0 Å². The first kappa shape index (κ1) is 4.69. The Morgan fingerprint density at radius 2 is 2.38 bits per heavy atom. The molecule has 2 aliphatic rings. The second-order valence-electron chi connectivity index (χ2n) is 1.93. The average Bonchev–Trinajstić information content (AvgIpc) is 2.15. The summed E-state index contributed by atoms with van der Waals surface area (Å²) in [4.78, 5) is 9.34. The number of hydrogen-bond donors (Lipinski definition) is 0. The first-order valence-corrected chi connectivity index (χ1v) is 2.61. The smallest absolute Gasteiger partial charge is 0.125 e. The maximum Gasteiger partial charge on any atom is 0.125 e. The van der Waals surface area contributed by atoms with Crippen LogP contribution in [0, 0.1) is 0 Å². The van der Waals surface area contributed by atoms with Crippen molar-refractivity contribution in [3.8, 4) is 0 Å². The van der Waals surface area contributed by atoms with Gasteiger partial charge in [-0.1, -0.05) is 0 Å². The fraction of sp³-hybridized carbons (Fsp3) is 1.00. The van der Waals surface area contributed by atoms with Crippen LogP contribution in [-0.2, 0) is 14.6 Å². The molecule has 0 aromatic carbocycles. The molecule has 0 radical (unpaired) electrons. The lowest BCUT2D eigenvalue weighted by molar-refractivity contribution is -0.377. The lowest BCUT2D eigenvalue weighted by Gasteiger charge is -2.02. The third-order valence-corrected chi connectivity index (χ3v) is 1.34. The first-order chi connectivity index (χ1) is 3.97. The van der Waals surface area contributed by atoms with E-state index in [2.05, 4.69) is 9.88 Å². The molecule has 46 valence electrons. The van der Waals surface area contributed by atoms with Gasteiger partial charge < -0.3 is 4.74 Å². The van der Waals surface area contributed by atoms with Gasteiger partial charge >= 0.3 is 0 Å². The van der Waals surface area contributed by atoms with Crippen molar-refractivity contribution in [1.29, 1.82) is 0 Å². The van der Waals surface area contributed by atoms with E-state index in [1.165, 1.54) is 0 Å². The fourth-order valence-corrected chi connectivity index (χ4v) is 0.858. The standard InChI is InChI=1S/C4H7NO3/c1-4-2-7-8-5(4)3-6-1/h4H,1-3H2. The van der Waals surface area contributed by atoms with Crippen LogP contribution in [0.15, 0.2) is 0 Å². The van der Waals surface area contributed by atoms with Gasteiger partial charge in [0.1, 0.15) is 13.3 Å². The topological polar surface area (TPSA) is 30.9 Å². The number of fused-ring (bicyclic) bond motifs is 1. The van der Waals surface area contributed by atoms with Gasteiger partial charge in [-0.3, -0.25) is 0 Å². The summed E-state index contributed by atoms with van der Waals surface area (Å²) in [5, 5.41) is 1.69. The Morgan fingerprint density at radius 1 is 1.38 bits per heavy atom. The molecule has 2 aliphatic heterocycles. The molecule has 0 N–H and O–H groups in total. The second-order valence-corrected chi connectivity index (χ2v) is 1.93. The van der Waals surface area contributed by atoms with Crippen LogP contribution >= 0.6 is 0 Å². The molecule has 1 unspecified atom stereocenters. The van der Waals surface area contributed by atoms with E-state index in [1.807, 2.05) is 0 Å². The summed E-state index contributed by atoms with van der Waals surface area (Å²) in [6, 6.07) is 0.343. The molecular formula is C4H7NO3. The highest BCUT2D eigenvalue weighted by Crippen LogP contribution is 2.15. The maximum absolute atomic E-state index is 5.03. The summed E-state index contributed by atoms with van der Waals surface area (Å²) >= 11 is 0. The minimum atomic E-state index is 0.343. The van der Waals surface area contributed by atoms with E-state index in [0.717, 1.165) is 6.61 Å². The maximum atomic E-state index is 5.03. The van der Waals surface area contributed by atoms with Crippen LogP contribution in [-0.4, -0.2) is 31.0 Å². The lowest BCUT2D eigenvalue weighted by atomic mass is 10.4. The van der Waals surface area contributed by atoms with Crippen LogP contribution in [0.25, 0.3) is 0 Å². The van der Waals surface area contributed by atoms with E-state index in [9.17, 15) is 0 Å². The Morgan fingerprint density at radius 3 is 3.25 bits per heavy atom. The van der Waals surface area contributed by atoms with Gasteiger partial charge in [0, 0.05) is 0 Å². The number of hydroxylamine groups is 2. The van der Waals surface area contributed by atoms with E-state index in [-0.39, 0.29) is 0 Å². The zero-order chi connectivity index (χ0) is 5.40. The molecule has 4 heteroatoms. The Kier molecular flexibility index (Phi) is 0.976. The Hall–Kier alpha value is -0.160. The molecule has 2 heterocycles. The SMILES string of the molecule is C1OCN2OOCC12. The number of nitrogens with zero attached hydrogens (tertiary/aromatic N) is 1. The Bertz CT molecular complexity index is 77.3. The van der Waals surface area contributed by atoms with E-state index in [0.29, 0.717) is 19.4 Å². The van der Waals surface area contributed by atoms with Gasteiger partial charge in [0.2, 0.25) is 0 Å². The first-order valence-electron chi connectivity index (χ1n) is 2.61. The van der Waals surface area contributed by atoms with E-state index < -0.39 is 0 Å². The summed E-state index contributed by atoms with van der Waals surface area (Å²) in [7, 11) is 0. The molecule has 0 amide bonds. The minimum absolute atomic E-state index is 0.343. The van der Waals surface area contributed by atoms with Gasteiger partial charge in [-0.25, -0.2) is 4.89 Å². The zero-order valence-electron chi connectivity index (χ0n) is 4.37. The predicted molar refractivity (Wildman–Crippen MR) is 23.5 cm³/mol. The predicted octanol–water partition coefficient (Wildman–Crippen LogP) is -0.478.